The summed E-state index contributed by atoms with van der Waals surface area (Å²) >= 11 is 0. The zero-order valence-corrected chi connectivity index (χ0v) is 21.4. The predicted molar refractivity (Wildman–Crippen MR) is 139 cm³/mol. The van der Waals surface area contributed by atoms with Gasteiger partial charge in [0.2, 0.25) is 0 Å². The first-order chi connectivity index (χ1) is 17.5. The number of carbonyl (C=O) groups excluding carboxylic acids is 1. The minimum atomic E-state index is -3.01. The van der Waals surface area contributed by atoms with Crippen molar-refractivity contribution in [2.45, 2.75) is 32.1 Å². The molecule has 0 saturated heterocycles. The van der Waals surface area contributed by atoms with Gasteiger partial charge in [-0.1, -0.05) is 26.0 Å². The molecule has 0 aliphatic carbocycles. The molecule has 0 fully saturated rings. The number of carbonyl (C=O) groups is 1. The Hall–Kier alpha value is -4.01. The van der Waals surface area contributed by atoms with Gasteiger partial charge >= 0.3 is 11.7 Å². The third-order valence-corrected chi connectivity index (χ3v) is 7.13. The number of ether oxygens (including phenoxy) is 1. The van der Waals surface area contributed by atoms with Gasteiger partial charge in [-0.25, -0.2) is 23.4 Å². The summed E-state index contributed by atoms with van der Waals surface area (Å²) < 4.78 is 38.4. The van der Waals surface area contributed by atoms with Crippen LogP contribution < -0.4 is 10.6 Å². The van der Waals surface area contributed by atoms with Crippen LogP contribution in [-0.4, -0.2) is 33.7 Å². The van der Waals surface area contributed by atoms with Gasteiger partial charge in [-0.05, 0) is 47.4 Å². The maximum atomic E-state index is 15.2. The van der Waals surface area contributed by atoms with Gasteiger partial charge in [0.15, 0.2) is 0 Å². The second kappa shape index (κ2) is 8.83. The number of hydrogen-bond acceptors (Lipinski definition) is 5. The molecule has 0 atom stereocenters. The lowest BCUT2D eigenvalue weighted by atomic mass is 9.92. The van der Waals surface area contributed by atoms with Gasteiger partial charge in [0, 0.05) is 50.1 Å². The molecular formula is C28H28F2N4O3. The number of fused-ring (bicyclic) bond motifs is 2. The molecule has 7 nitrogen and oxygen atoms in total. The fourth-order valence-electron chi connectivity index (χ4n) is 5.08. The van der Waals surface area contributed by atoms with E-state index in [1.165, 1.54) is 25.4 Å². The Balaban J connectivity index is 1.63. The molecule has 1 aliphatic rings. The van der Waals surface area contributed by atoms with E-state index in [4.69, 9.17) is 0 Å². The van der Waals surface area contributed by atoms with Crippen molar-refractivity contribution in [2.24, 2.45) is 14.1 Å². The zero-order chi connectivity index (χ0) is 26.6. The lowest BCUT2D eigenvalue weighted by Gasteiger charge is -2.36. The summed E-state index contributed by atoms with van der Waals surface area (Å²) in [6.07, 6.45) is 1.14. The van der Waals surface area contributed by atoms with E-state index in [-0.39, 0.29) is 35.8 Å². The van der Waals surface area contributed by atoms with Gasteiger partial charge in [0.1, 0.15) is 5.69 Å². The van der Waals surface area contributed by atoms with Gasteiger partial charge in [-0.2, -0.15) is 0 Å². The first kappa shape index (κ1) is 24.7. The Morgan fingerprint density at radius 3 is 2.43 bits per heavy atom. The molecule has 0 radical (unpaired) electrons. The smallest absolute Gasteiger partial charge is 0.356 e. The molecule has 192 valence electrons. The van der Waals surface area contributed by atoms with Crippen molar-refractivity contribution < 1.29 is 18.3 Å². The number of hydrogen-bond donors (Lipinski definition) is 0. The van der Waals surface area contributed by atoms with Crippen LogP contribution in [0.2, 0.25) is 0 Å². The average Bonchev–Trinajstić information content (AvgIpc) is 3.11. The Labute approximate surface area is 212 Å². The summed E-state index contributed by atoms with van der Waals surface area (Å²) in [5.41, 5.74) is 4.94. The molecule has 0 bridgehead atoms. The minimum Gasteiger partial charge on any atom is -0.464 e. The number of esters is 1. The second-order valence-corrected chi connectivity index (χ2v) is 9.72. The van der Waals surface area contributed by atoms with E-state index in [9.17, 15) is 9.59 Å². The number of pyridine rings is 1. The predicted octanol–water partition coefficient (Wildman–Crippen LogP) is 5.48. The number of benzene rings is 2. The van der Waals surface area contributed by atoms with Crippen LogP contribution in [-0.2, 0) is 24.8 Å². The van der Waals surface area contributed by atoms with Gasteiger partial charge < -0.3 is 9.64 Å². The number of nitrogens with zero attached hydrogens (tertiary/aromatic N) is 4. The minimum absolute atomic E-state index is 0.0681. The number of aryl methyl sites for hydroxylation is 2. The van der Waals surface area contributed by atoms with E-state index in [0.717, 1.165) is 22.3 Å². The molecule has 37 heavy (non-hydrogen) atoms. The Bertz CT molecular complexity index is 1590. The summed E-state index contributed by atoms with van der Waals surface area (Å²) in [6, 6.07) is 12.1. The molecule has 9 heteroatoms. The molecule has 2 aromatic heterocycles. The largest absolute Gasteiger partial charge is 0.464 e. The van der Waals surface area contributed by atoms with Crippen LogP contribution in [0.3, 0.4) is 0 Å². The SMILES string of the molecule is COC(=O)c1ccc(-c2ccc3c(c2)C(F)(F)CCN3c2cc(C(C)C)c3c(c2)n(C)c(=O)n3C)cn1. The van der Waals surface area contributed by atoms with E-state index < -0.39 is 11.9 Å². The highest BCUT2D eigenvalue weighted by molar-refractivity contribution is 5.88. The van der Waals surface area contributed by atoms with Crippen LogP contribution in [0, 0.1) is 0 Å². The Morgan fingerprint density at radius 2 is 1.78 bits per heavy atom. The van der Waals surface area contributed by atoms with E-state index >= 15 is 8.78 Å². The highest BCUT2D eigenvalue weighted by Gasteiger charge is 2.40. The molecule has 0 N–H and O–H groups in total. The van der Waals surface area contributed by atoms with E-state index in [1.54, 1.807) is 41.4 Å². The lowest BCUT2D eigenvalue weighted by molar-refractivity contribution is -0.0141. The number of aromatic nitrogens is 3. The van der Waals surface area contributed by atoms with E-state index in [0.29, 0.717) is 16.8 Å². The maximum Gasteiger partial charge on any atom is 0.356 e. The first-order valence-corrected chi connectivity index (χ1v) is 12.1. The van der Waals surface area contributed by atoms with Crippen molar-refractivity contribution in [2.75, 3.05) is 18.6 Å². The van der Waals surface area contributed by atoms with Crippen molar-refractivity contribution in [3.05, 3.63) is 76.0 Å². The molecule has 3 heterocycles. The molecule has 2 aromatic carbocycles. The van der Waals surface area contributed by atoms with Crippen molar-refractivity contribution in [1.82, 2.24) is 14.1 Å². The molecule has 4 aromatic rings. The van der Waals surface area contributed by atoms with Crippen LogP contribution >= 0.6 is 0 Å². The topological polar surface area (TPSA) is 69.4 Å². The number of alkyl halides is 2. The number of halogens is 2. The quantitative estimate of drug-likeness (QED) is 0.343. The van der Waals surface area contributed by atoms with Gasteiger partial charge in [-0.15, -0.1) is 0 Å². The maximum absolute atomic E-state index is 15.2. The summed E-state index contributed by atoms with van der Waals surface area (Å²) in [5, 5.41) is 0. The second-order valence-electron chi connectivity index (χ2n) is 9.72. The molecule has 5 rings (SSSR count). The molecule has 0 unspecified atom stereocenters. The van der Waals surface area contributed by atoms with Crippen LogP contribution in [0.4, 0.5) is 20.2 Å². The third kappa shape index (κ3) is 3.98. The van der Waals surface area contributed by atoms with Gasteiger partial charge in [0.05, 0.1) is 23.8 Å². The molecule has 1 aliphatic heterocycles. The summed E-state index contributed by atoms with van der Waals surface area (Å²) in [4.78, 5) is 30.4. The third-order valence-electron chi connectivity index (χ3n) is 7.13. The number of rotatable bonds is 4. The van der Waals surface area contributed by atoms with Crippen molar-refractivity contribution in [1.29, 1.82) is 0 Å². The zero-order valence-electron chi connectivity index (χ0n) is 21.4. The molecule has 0 amide bonds. The number of anilines is 2. The molecule has 0 spiro atoms. The highest BCUT2D eigenvalue weighted by atomic mass is 19.3. The standard InChI is InChI=1S/C28H28F2N4O3/c1-16(2)20-13-19(14-24-25(20)33(4)27(36)32(24)3)34-11-10-28(29,30)21-12-17(7-9-23(21)34)18-6-8-22(31-15-18)26(35)37-5/h6-9,12-16H,10-11H2,1-5H3. The van der Waals surface area contributed by atoms with Crippen LogP contribution in [0.25, 0.3) is 22.2 Å². The van der Waals surface area contributed by atoms with Crippen LogP contribution in [0.5, 0.6) is 0 Å². The summed E-state index contributed by atoms with van der Waals surface area (Å²) in [7, 11) is 4.75. The highest BCUT2D eigenvalue weighted by Crippen LogP contribution is 2.47. The van der Waals surface area contributed by atoms with Gasteiger partial charge in [-0.3, -0.25) is 9.13 Å². The fourth-order valence-corrected chi connectivity index (χ4v) is 5.08. The first-order valence-electron chi connectivity index (χ1n) is 12.1. The van der Waals surface area contributed by atoms with E-state index in [2.05, 4.69) is 23.6 Å². The normalized spacial score (nSPS) is 14.8. The van der Waals surface area contributed by atoms with Crippen LogP contribution in [0.1, 0.15) is 47.8 Å². The molecule has 0 saturated carbocycles. The number of imidazole rings is 1. The summed E-state index contributed by atoms with van der Waals surface area (Å²) in [6.45, 7) is 4.25. The summed E-state index contributed by atoms with van der Waals surface area (Å²) in [5.74, 6) is -3.44. The van der Waals surface area contributed by atoms with Crippen molar-refractivity contribution in [3.63, 3.8) is 0 Å². The van der Waals surface area contributed by atoms with Crippen molar-refractivity contribution in [3.8, 4) is 11.1 Å². The van der Waals surface area contributed by atoms with Crippen molar-refractivity contribution >= 4 is 28.4 Å². The Morgan fingerprint density at radius 1 is 1.05 bits per heavy atom. The lowest BCUT2D eigenvalue weighted by Crippen LogP contribution is -2.33. The number of methoxy groups -OCH3 is 1. The average molecular weight is 507 g/mol. The Kier molecular flexibility index (Phi) is 5.89. The monoisotopic (exact) mass is 506 g/mol. The van der Waals surface area contributed by atoms with Crippen LogP contribution in [0.15, 0.2) is 53.5 Å². The van der Waals surface area contributed by atoms with Gasteiger partial charge in [0.25, 0.3) is 5.92 Å². The molecular weight excluding hydrogens is 478 g/mol. The van der Waals surface area contributed by atoms with E-state index in [1.807, 2.05) is 17.0 Å². The fraction of sp³-hybridized carbons (Fsp3) is 0.321.